The highest BCUT2D eigenvalue weighted by Crippen LogP contribution is 2.38. The lowest BCUT2D eigenvalue weighted by molar-refractivity contribution is -0.0143. The molecular formula is C15H29NOS. The molecule has 0 bridgehead atoms. The predicted octanol–water partition coefficient (Wildman–Crippen LogP) is 3.60. The maximum Gasteiger partial charge on any atom is 0.0707 e. The Labute approximate surface area is 117 Å². The third-order valence-electron chi connectivity index (χ3n) is 4.57. The molecule has 2 fully saturated rings. The smallest absolute Gasteiger partial charge is 0.0707 e. The van der Waals surface area contributed by atoms with Crippen molar-refractivity contribution in [2.75, 3.05) is 19.3 Å². The molecule has 1 N–H and O–H groups in total. The molecule has 0 aromatic carbocycles. The Hall–Kier alpha value is 0.270. The summed E-state index contributed by atoms with van der Waals surface area (Å²) in [4.78, 5) is 0. The highest BCUT2D eigenvalue weighted by atomic mass is 32.2. The van der Waals surface area contributed by atoms with Crippen LogP contribution in [0.2, 0.25) is 0 Å². The van der Waals surface area contributed by atoms with Gasteiger partial charge in [-0.2, -0.15) is 11.8 Å². The van der Waals surface area contributed by atoms with Gasteiger partial charge in [-0.1, -0.05) is 19.3 Å². The Balaban J connectivity index is 1.71. The zero-order chi connectivity index (χ0) is 13.1. The number of ether oxygens (including phenoxy) is 1. The van der Waals surface area contributed by atoms with E-state index in [9.17, 15) is 0 Å². The van der Waals surface area contributed by atoms with Crippen molar-refractivity contribution < 1.29 is 4.74 Å². The molecule has 0 aromatic rings. The number of thioether (sulfide) groups is 1. The number of rotatable bonds is 5. The van der Waals surface area contributed by atoms with Gasteiger partial charge in [0.1, 0.15) is 0 Å². The van der Waals surface area contributed by atoms with Gasteiger partial charge in [0, 0.05) is 17.8 Å². The molecule has 18 heavy (non-hydrogen) atoms. The lowest BCUT2D eigenvalue weighted by Crippen LogP contribution is -2.42. The fourth-order valence-corrected chi connectivity index (χ4v) is 4.27. The molecule has 1 saturated heterocycles. The number of hydrogen-bond acceptors (Lipinski definition) is 3. The van der Waals surface area contributed by atoms with E-state index < -0.39 is 0 Å². The van der Waals surface area contributed by atoms with Crippen LogP contribution in [0.4, 0.5) is 0 Å². The van der Waals surface area contributed by atoms with E-state index in [0.29, 0.717) is 10.9 Å². The van der Waals surface area contributed by atoms with Gasteiger partial charge in [-0.3, -0.25) is 0 Å². The van der Waals surface area contributed by atoms with Crippen LogP contribution in [0.25, 0.3) is 0 Å². The summed E-state index contributed by atoms with van der Waals surface area (Å²) in [5, 5.41) is 3.68. The lowest BCUT2D eigenvalue weighted by atomic mass is 9.88. The van der Waals surface area contributed by atoms with E-state index in [1.807, 2.05) is 0 Å². The van der Waals surface area contributed by atoms with Crippen molar-refractivity contribution in [3.05, 3.63) is 0 Å². The SMILES string of the molecule is CSC1(CNCC2CCC(C)(C)O2)CCCCC1. The van der Waals surface area contributed by atoms with E-state index in [2.05, 4.69) is 37.2 Å². The van der Waals surface area contributed by atoms with Gasteiger partial charge < -0.3 is 10.1 Å². The van der Waals surface area contributed by atoms with Gasteiger partial charge >= 0.3 is 0 Å². The summed E-state index contributed by atoms with van der Waals surface area (Å²) in [7, 11) is 0. The minimum Gasteiger partial charge on any atom is -0.371 e. The van der Waals surface area contributed by atoms with Gasteiger partial charge in [0.2, 0.25) is 0 Å². The molecule has 3 heteroatoms. The molecular weight excluding hydrogens is 242 g/mol. The van der Waals surface area contributed by atoms with Gasteiger partial charge in [-0.15, -0.1) is 0 Å². The molecule has 1 heterocycles. The van der Waals surface area contributed by atoms with Crippen LogP contribution in [0.5, 0.6) is 0 Å². The predicted molar refractivity (Wildman–Crippen MR) is 80.4 cm³/mol. The van der Waals surface area contributed by atoms with Crippen LogP contribution in [-0.2, 0) is 4.74 Å². The van der Waals surface area contributed by atoms with Gasteiger partial charge in [-0.25, -0.2) is 0 Å². The van der Waals surface area contributed by atoms with Gasteiger partial charge in [0.05, 0.1) is 11.7 Å². The summed E-state index contributed by atoms with van der Waals surface area (Å²) in [5.41, 5.74) is 0.106. The standard InChI is InChI=1S/C15H29NOS/c1-14(2)10-7-13(17-14)11-16-12-15(18-3)8-5-4-6-9-15/h13,16H,4-12H2,1-3H3. The fourth-order valence-electron chi connectivity index (χ4n) is 3.33. The molecule has 0 aromatic heterocycles. The van der Waals surface area contributed by atoms with Gasteiger partial charge in [-0.05, 0) is 45.8 Å². The van der Waals surface area contributed by atoms with Crippen molar-refractivity contribution in [1.82, 2.24) is 5.32 Å². The van der Waals surface area contributed by atoms with Crippen molar-refractivity contribution in [2.24, 2.45) is 0 Å². The zero-order valence-electron chi connectivity index (χ0n) is 12.3. The third kappa shape index (κ3) is 3.88. The Bertz CT molecular complexity index is 261. The van der Waals surface area contributed by atoms with E-state index in [-0.39, 0.29) is 5.60 Å². The Kier molecular flexibility index (Phi) is 5.01. The molecule has 0 amide bonds. The first-order valence-corrected chi connectivity index (χ1v) is 8.71. The first kappa shape index (κ1) is 14.7. The molecule has 2 nitrogen and oxygen atoms in total. The van der Waals surface area contributed by atoms with Crippen molar-refractivity contribution >= 4 is 11.8 Å². The zero-order valence-corrected chi connectivity index (χ0v) is 13.1. The Morgan fingerprint density at radius 1 is 1.17 bits per heavy atom. The van der Waals surface area contributed by atoms with Crippen LogP contribution in [0.1, 0.15) is 58.8 Å². The molecule has 1 aliphatic heterocycles. The third-order valence-corrected chi connectivity index (χ3v) is 5.99. The highest BCUT2D eigenvalue weighted by Gasteiger charge is 2.33. The molecule has 1 aliphatic carbocycles. The van der Waals surface area contributed by atoms with Crippen molar-refractivity contribution in [1.29, 1.82) is 0 Å². The lowest BCUT2D eigenvalue weighted by Gasteiger charge is -2.36. The maximum atomic E-state index is 6.04. The monoisotopic (exact) mass is 271 g/mol. The minimum atomic E-state index is 0.106. The maximum absolute atomic E-state index is 6.04. The summed E-state index contributed by atoms with van der Waals surface area (Å²) < 4.78 is 6.54. The Morgan fingerprint density at radius 2 is 1.89 bits per heavy atom. The average Bonchev–Trinajstić information content (AvgIpc) is 2.70. The molecule has 1 saturated carbocycles. The van der Waals surface area contributed by atoms with Crippen LogP contribution < -0.4 is 5.32 Å². The first-order valence-electron chi connectivity index (χ1n) is 7.49. The highest BCUT2D eigenvalue weighted by molar-refractivity contribution is 8.00. The van der Waals surface area contributed by atoms with E-state index in [1.165, 1.54) is 44.9 Å². The number of hydrogen-bond donors (Lipinski definition) is 1. The van der Waals surface area contributed by atoms with Crippen LogP contribution >= 0.6 is 11.8 Å². The molecule has 1 atom stereocenters. The summed E-state index contributed by atoms with van der Waals surface area (Å²) in [5.74, 6) is 0. The molecule has 2 rings (SSSR count). The van der Waals surface area contributed by atoms with Crippen LogP contribution in [-0.4, -0.2) is 35.8 Å². The van der Waals surface area contributed by atoms with Gasteiger partial charge in [0.15, 0.2) is 0 Å². The number of nitrogens with one attached hydrogen (secondary N) is 1. The summed E-state index contributed by atoms with van der Waals surface area (Å²) in [6.45, 7) is 6.61. The fraction of sp³-hybridized carbons (Fsp3) is 1.00. The van der Waals surface area contributed by atoms with Gasteiger partial charge in [0.25, 0.3) is 0 Å². The first-order chi connectivity index (χ1) is 8.55. The topological polar surface area (TPSA) is 21.3 Å². The second kappa shape index (κ2) is 6.15. The van der Waals surface area contributed by atoms with E-state index in [4.69, 9.17) is 4.74 Å². The molecule has 0 spiro atoms. The van der Waals surface area contributed by atoms with Crippen LogP contribution in [0.15, 0.2) is 0 Å². The largest absolute Gasteiger partial charge is 0.371 e. The summed E-state index contributed by atoms with van der Waals surface area (Å²) in [6.07, 6.45) is 12.2. The molecule has 2 aliphatic rings. The van der Waals surface area contributed by atoms with Crippen molar-refractivity contribution in [2.45, 2.75) is 75.2 Å². The summed E-state index contributed by atoms with van der Waals surface area (Å²) in [6, 6.07) is 0. The quantitative estimate of drug-likeness (QED) is 0.825. The van der Waals surface area contributed by atoms with E-state index in [1.54, 1.807) is 0 Å². The van der Waals surface area contributed by atoms with Crippen molar-refractivity contribution in [3.8, 4) is 0 Å². The molecule has 106 valence electrons. The average molecular weight is 271 g/mol. The molecule has 1 unspecified atom stereocenters. The normalized spacial score (nSPS) is 30.5. The second-order valence-electron chi connectivity index (χ2n) is 6.62. The van der Waals surface area contributed by atoms with Crippen molar-refractivity contribution in [3.63, 3.8) is 0 Å². The Morgan fingerprint density at radius 3 is 2.44 bits per heavy atom. The second-order valence-corrected chi connectivity index (χ2v) is 7.89. The van der Waals surface area contributed by atoms with E-state index in [0.717, 1.165) is 13.1 Å². The minimum absolute atomic E-state index is 0.106. The molecule has 0 radical (unpaired) electrons. The van der Waals surface area contributed by atoms with E-state index >= 15 is 0 Å². The summed E-state index contributed by atoms with van der Waals surface area (Å²) >= 11 is 2.07. The van der Waals surface area contributed by atoms with Crippen LogP contribution in [0.3, 0.4) is 0 Å². The van der Waals surface area contributed by atoms with Crippen LogP contribution in [0, 0.1) is 0 Å².